The van der Waals surface area contributed by atoms with Crippen LogP contribution in [0.15, 0.2) is 21.6 Å². The van der Waals surface area contributed by atoms with E-state index in [0.29, 0.717) is 15.8 Å². The molecule has 0 fully saturated rings. The summed E-state index contributed by atoms with van der Waals surface area (Å²) in [6, 6.07) is 2.55. The Morgan fingerprint density at radius 3 is 2.93 bits per heavy atom. The molecule has 0 heterocycles. The van der Waals surface area contributed by atoms with Gasteiger partial charge >= 0.3 is 0 Å². The largest absolute Gasteiger partial charge is 0.495 e. The predicted octanol–water partition coefficient (Wildman–Crippen LogP) is 2.43. The summed E-state index contributed by atoms with van der Waals surface area (Å²) >= 11 is 3.14. The van der Waals surface area contributed by atoms with Crippen LogP contribution in [0.1, 0.15) is 5.56 Å². The van der Waals surface area contributed by atoms with Crippen molar-refractivity contribution in [2.75, 3.05) is 7.11 Å². The molecular weight excluding hydrogens is 253 g/mol. The van der Waals surface area contributed by atoms with Crippen molar-refractivity contribution in [2.45, 2.75) is 6.54 Å². The molecule has 0 aliphatic rings. The van der Waals surface area contributed by atoms with Gasteiger partial charge in [0, 0.05) is 5.56 Å². The van der Waals surface area contributed by atoms with E-state index in [1.807, 2.05) is 0 Å². The fraction of sp³-hybridized carbons (Fsp3) is 0.222. The Bertz CT molecular complexity index is 389. The standard InChI is InChI=1S/C9H7BrFNO2/c1-14-9-6(4-12-5-13)2-7(11)3-8(9)10/h2-3H,4H2,1H3. The molecular formula is C9H7BrFNO2. The van der Waals surface area contributed by atoms with E-state index in [4.69, 9.17) is 4.74 Å². The lowest BCUT2D eigenvalue weighted by Crippen LogP contribution is -1.93. The highest BCUT2D eigenvalue weighted by Gasteiger charge is 2.09. The Kier molecular flexibility index (Phi) is 3.80. The molecule has 0 saturated carbocycles. The average molecular weight is 260 g/mol. The number of isocyanates is 1. The molecule has 0 spiro atoms. The van der Waals surface area contributed by atoms with Gasteiger partial charge in [-0.2, -0.15) is 0 Å². The van der Waals surface area contributed by atoms with Crippen molar-refractivity contribution in [1.29, 1.82) is 0 Å². The number of rotatable bonds is 3. The summed E-state index contributed by atoms with van der Waals surface area (Å²) in [6.07, 6.45) is 1.39. The Labute approximate surface area is 88.7 Å². The fourth-order valence-electron chi connectivity index (χ4n) is 1.08. The van der Waals surface area contributed by atoms with Crippen LogP contribution < -0.4 is 4.74 Å². The summed E-state index contributed by atoms with van der Waals surface area (Å²) in [5, 5.41) is 0. The van der Waals surface area contributed by atoms with Gasteiger partial charge < -0.3 is 4.74 Å². The van der Waals surface area contributed by atoms with Crippen molar-refractivity contribution >= 4 is 22.0 Å². The molecule has 74 valence electrons. The van der Waals surface area contributed by atoms with Crippen LogP contribution in [0.4, 0.5) is 4.39 Å². The number of hydrogen-bond acceptors (Lipinski definition) is 3. The van der Waals surface area contributed by atoms with E-state index < -0.39 is 5.82 Å². The van der Waals surface area contributed by atoms with Gasteiger partial charge in [-0.3, -0.25) is 0 Å². The third kappa shape index (κ3) is 2.40. The molecule has 0 aromatic heterocycles. The molecule has 0 atom stereocenters. The van der Waals surface area contributed by atoms with Gasteiger partial charge in [0.15, 0.2) is 0 Å². The number of aliphatic imine (C=N–C) groups is 1. The first kappa shape index (κ1) is 10.9. The number of methoxy groups -OCH3 is 1. The minimum Gasteiger partial charge on any atom is -0.495 e. The second-order valence-corrected chi connectivity index (χ2v) is 3.34. The maximum atomic E-state index is 12.9. The highest BCUT2D eigenvalue weighted by molar-refractivity contribution is 9.10. The van der Waals surface area contributed by atoms with Crippen molar-refractivity contribution in [3.05, 3.63) is 28.0 Å². The molecule has 1 aromatic rings. The molecule has 1 aromatic carbocycles. The number of hydrogen-bond donors (Lipinski definition) is 0. The van der Waals surface area contributed by atoms with Crippen molar-refractivity contribution in [3.63, 3.8) is 0 Å². The summed E-state index contributed by atoms with van der Waals surface area (Å²) in [7, 11) is 1.46. The SMILES string of the molecule is COc1c(Br)cc(F)cc1CN=C=O. The number of nitrogens with zero attached hydrogens (tertiary/aromatic N) is 1. The summed E-state index contributed by atoms with van der Waals surface area (Å²) in [5.41, 5.74) is 0.503. The Hall–Kier alpha value is -1.19. The molecule has 0 N–H and O–H groups in total. The van der Waals surface area contributed by atoms with Gasteiger partial charge in [-0.05, 0) is 28.1 Å². The van der Waals surface area contributed by atoms with Crippen LogP contribution in [0.25, 0.3) is 0 Å². The number of ether oxygens (including phenoxy) is 1. The van der Waals surface area contributed by atoms with Gasteiger partial charge in [0.05, 0.1) is 18.1 Å². The minimum atomic E-state index is -0.409. The van der Waals surface area contributed by atoms with Crippen LogP contribution in [-0.4, -0.2) is 13.2 Å². The summed E-state index contributed by atoms with van der Waals surface area (Å²) < 4.78 is 18.5. The average Bonchev–Trinajstić information content (AvgIpc) is 2.14. The van der Waals surface area contributed by atoms with Crippen LogP contribution in [0, 0.1) is 5.82 Å². The van der Waals surface area contributed by atoms with Gasteiger partial charge in [-0.1, -0.05) is 0 Å². The third-order valence-electron chi connectivity index (χ3n) is 1.60. The van der Waals surface area contributed by atoms with Crippen molar-refractivity contribution in [1.82, 2.24) is 0 Å². The minimum absolute atomic E-state index is 0.0586. The third-order valence-corrected chi connectivity index (χ3v) is 2.19. The van der Waals surface area contributed by atoms with E-state index in [2.05, 4.69) is 20.9 Å². The summed E-state index contributed by atoms with van der Waals surface area (Å²) in [5.74, 6) is 0.0687. The zero-order chi connectivity index (χ0) is 10.6. The molecule has 1 rings (SSSR count). The molecule has 0 bridgehead atoms. The van der Waals surface area contributed by atoms with E-state index in [9.17, 15) is 9.18 Å². The number of benzene rings is 1. The lowest BCUT2D eigenvalue weighted by molar-refractivity contribution is 0.405. The van der Waals surface area contributed by atoms with Gasteiger partial charge in [-0.25, -0.2) is 14.2 Å². The molecule has 14 heavy (non-hydrogen) atoms. The highest BCUT2D eigenvalue weighted by atomic mass is 79.9. The van der Waals surface area contributed by atoms with Crippen molar-refractivity contribution in [2.24, 2.45) is 4.99 Å². The van der Waals surface area contributed by atoms with E-state index in [1.165, 1.54) is 25.3 Å². The smallest absolute Gasteiger partial charge is 0.235 e. The van der Waals surface area contributed by atoms with Crippen molar-refractivity contribution in [3.8, 4) is 5.75 Å². The van der Waals surface area contributed by atoms with Crippen LogP contribution in [0.5, 0.6) is 5.75 Å². The van der Waals surface area contributed by atoms with Crippen molar-refractivity contribution < 1.29 is 13.9 Å². The van der Waals surface area contributed by atoms with E-state index >= 15 is 0 Å². The van der Waals surface area contributed by atoms with E-state index in [1.54, 1.807) is 0 Å². The van der Waals surface area contributed by atoms with E-state index in [0.717, 1.165) is 0 Å². The molecule has 0 saturated heterocycles. The van der Waals surface area contributed by atoms with Gasteiger partial charge in [-0.15, -0.1) is 0 Å². The summed E-state index contributed by atoms with van der Waals surface area (Å²) in [6.45, 7) is 0.0586. The monoisotopic (exact) mass is 259 g/mol. The Balaban J connectivity index is 3.17. The van der Waals surface area contributed by atoms with Crippen LogP contribution in [0.3, 0.4) is 0 Å². The Morgan fingerprint density at radius 1 is 1.64 bits per heavy atom. The van der Waals surface area contributed by atoms with Gasteiger partial charge in [0.2, 0.25) is 6.08 Å². The highest BCUT2D eigenvalue weighted by Crippen LogP contribution is 2.30. The lowest BCUT2D eigenvalue weighted by atomic mass is 10.2. The first-order chi connectivity index (χ1) is 6.69. The van der Waals surface area contributed by atoms with Crippen LogP contribution in [-0.2, 0) is 11.3 Å². The maximum absolute atomic E-state index is 12.9. The zero-order valence-electron chi connectivity index (χ0n) is 7.38. The quantitative estimate of drug-likeness (QED) is 0.618. The van der Waals surface area contributed by atoms with Crippen LogP contribution >= 0.6 is 15.9 Å². The van der Waals surface area contributed by atoms with Gasteiger partial charge in [0.1, 0.15) is 11.6 Å². The Morgan fingerprint density at radius 2 is 2.36 bits per heavy atom. The first-order valence-electron chi connectivity index (χ1n) is 3.74. The number of carbonyl (C=O) groups excluding carboxylic acids is 1. The van der Waals surface area contributed by atoms with Crippen LogP contribution in [0.2, 0.25) is 0 Å². The fourth-order valence-corrected chi connectivity index (χ4v) is 1.71. The molecule has 0 aliphatic heterocycles. The number of halogens is 2. The molecule has 0 aliphatic carbocycles. The normalized spacial score (nSPS) is 9.36. The topological polar surface area (TPSA) is 38.7 Å². The molecule has 0 amide bonds. The first-order valence-corrected chi connectivity index (χ1v) is 4.54. The second kappa shape index (κ2) is 4.88. The van der Waals surface area contributed by atoms with E-state index in [-0.39, 0.29) is 6.54 Å². The lowest BCUT2D eigenvalue weighted by Gasteiger charge is -2.07. The summed E-state index contributed by atoms with van der Waals surface area (Å²) in [4.78, 5) is 13.3. The van der Waals surface area contributed by atoms with Gasteiger partial charge in [0.25, 0.3) is 0 Å². The predicted molar refractivity (Wildman–Crippen MR) is 52.5 cm³/mol. The molecule has 3 nitrogen and oxygen atoms in total. The molecule has 5 heteroatoms. The molecule has 0 unspecified atom stereocenters. The maximum Gasteiger partial charge on any atom is 0.235 e. The zero-order valence-corrected chi connectivity index (χ0v) is 8.97. The molecule has 0 radical (unpaired) electrons. The second-order valence-electron chi connectivity index (χ2n) is 2.49.